The molecule has 0 atom stereocenters. The number of hydrogen-bond acceptors (Lipinski definition) is 2. The maximum Gasteiger partial charge on any atom is 0.244 e. The van der Waals surface area contributed by atoms with Gasteiger partial charge < -0.3 is 10.2 Å². The first kappa shape index (κ1) is 21.0. The first-order valence-electron chi connectivity index (χ1n) is 9.17. The van der Waals surface area contributed by atoms with Crippen LogP contribution in [0.4, 0.5) is 11.4 Å². The lowest BCUT2D eigenvalue weighted by Gasteiger charge is -2.29. The summed E-state index contributed by atoms with van der Waals surface area (Å²) in [5.74, 6) is 0.0665. The smallest absolute Gasteiger partial charge is 0.244 e. The Morgan fingerprint density at radius 1 is 0.963 bits per heavy atom. The molecule has 2 rings (SSSR count). The molecule has 27 heavy (non-hydrogen) atoms. The van der Waals surface area contributed by atoms with Crippen molar-refractivity contribution >= 4 is 34.8 Å². The topological polar surface area (TPSA) is 49.4 Å². The molecule has 0 radical (unpaired) electrons. The normalized spacial score (nSPS) is 11.0. The molecule has 0 heterocycles. The van der Waals surface area contributed by atoms with Gasteiger partial charge in [-0.25, -0.2) is 0 Å². The molecule has 0 saturated heterocycles. The molecule has 0 saturated carbocycles. The maximum atomic E-state index is 12.6. The van der Waals surface area contributed by atoms with E-state index < -0.39 is 0 Å². The van der Waals surface area contributed by atoms with E-state index in [9.17, 15) is 9.59 Å². The molecule has 2 aromatic rings. The summed E-state index contributed by atoms with van der Waals surface area (Å²) in [6.45, 7) is 9.83. The fraction of sp³-hybridized carbons (Fsp3) is 0.364. The lowest BCUT2D eigenvalue weighted by Crippen LogP contribution is -2.38. The summed E-state index contributed by atoms with van der Waals surface area (Å²) in [5, 5.41) is 3.43. The van der Waals surface area contributed by atoms with Crippen LogP contribution in [0.15, 0.2) is 42.5 Å². The number of para-hydroxylation sites is 1. The van der Waals surface area contributed by atoms with E-state index in [0.717, 1.165) is 16.8 Å². The predicted molar refractivity (Wildman–Crippen MR) is 113 cm³/mol. The summed E-state index contributed by atoms with van der Waals surface area (Å²) in [5.41, 5.74) is 3.63. The van der Waals surface area contributed by atoms with Gasteiger partial charge in [-0.2, -0.15) is 0 Å². The minimum Gasteiger partial charge on any atom is -0.325 e. The van der Waals surface area contributed by atoms with E-state index in [1.54, 1.807) is 29.2 Å². The summed E-state index contributed by atoms with van der Waals surface area (Å²) in [4.78, 5) is 26.6. The lowest BCUT2D eigenvalue weighted by molar-refractivity contribution is -0.120. The molecule has 0 aromatic heterocycles. The molecular weight excluding hydrogens is 360 g/mol. The zero-order chi connectivity index (χ0) is 20.1. The van der Waals surface area contributed by atoms with Gasteiger partial charge in [0.1, 0.15) is 6.54 Å². The van der Waals surface area contributed by atoms with Gasteiger partial charge in [-0.1, -0.05) is 57.5 Å². The van der Waals surface area contributed by atoms with Crippen LogP contribution in [0.2, 0.25) is 5.02 Å². The molecule has 5 heteroatoms. The van der Waals surface area contributed by atoms with Crippen molar-refractivity contribution in [2.45, 2.75) is 46.5 Å². The van der Waals surface area contributed by atoms with Crippen molar-refractivity contribution in [2.75, 3.05) is 16.8 Å². The van der Waals surface area contributed by atoms with Gasteiger partial charge in [0.15, 0.2) is 0 Å². The molecule has 0 aliphatic heterocycles. The SMILES string of the molecule is CC(=O)N(CC(=O)Nc1ccc(Cl)cc1)c1c(C(C)C)cccc1C(C)C. The first-order chi connectivity index (χ1) is 12.7. The standard InChI is InChI=1S/C22H27ClN2O2/c1-14(2)19-7-6-8-20(15(3)4)22(19)25(16(5)26)13-21(27)24-18-11-9-17(23)10-12-18/h6-12,14-15H,13H2,1-5H3,(H,24,27). The van der Waals surface area contributed by atoms with E-state index in [2.05, 4.69) is 33.0 Å². The summed E-state index contributed by atoms with van der Waals surface area (Å²) in [6, 6.07) is 13.0. The van der Waals surface area contributed by atoms with E-state index in [0.29, 0.717) is 10.7 Å². The predicted octanol–water partition coefficient (Wildman–Crippen LogP) is 5.58. The Labute approximate surface area is 166 Å². The Morgan fingerprint density at radius 2 is 1.48 bits per heavy atom. The van der Waals surface area contributed by atoms with Gasteiger partial charge in [-0.05, 0) is 47.2 Å². The van der Waals surface area contributed by atoms with Crippen molar-refractivity contribution < 1.29 is 9.59 Å². The second-order valence-corrected chi connectivity index (χ2v) is 7.69. The van der Waals surface area contributed by atoms with Crippen molar-refractivity contribution in [3.63, 3.8) is 0 Å². The third kappa shape index (κ3) is 5.33. The van der Waals surface area contributed by atoms with Gasteiger partial charge in [0.05, 0.1) is 5.69 Å². The van der Waals surface area contributed by atoms with Gasteiger partial charge in [0, 0.05) is 17.6 Å². The van der Waals surface area contributed by atoms with E-state index in [1.165, 1.54) is 6.92 Å². The summed E-state index contributed by atoms with van der Waals surface area (Å²) >= 11 is 5.88. The van der Waals surface area contributed by atoms with E-state index in [-0.39, 0.29) is 30.2 Å². The third-order valence-corrected chi connectivity index (χ3v) is 4.67. The van der Waals surface area contributed by atoms with Crippen molar-refractivity contribution in [3.05, 3.63) is 58.6 Å². The molecule has 144 valence electrons. The summed E-state index contributed by atoms with van der Waals surface area (Å²) in [6.07, 6.45) is 0. The van der Waals surface area contributed by atoms with E-state index in [1.807, 2.05) is 18.2 Å². The molecule has 2 aromatic carbocycles. The number of rotatable bonds is 6. The number of anilines is 2. The highest BCUT2D eigenvalue weighted by Crippen LogP contribution is 2.35. The van der Waals surface area contributed by atoms with Crippen LogP contribution >= 0.6 is 11.6 Å². The number of halogens is 1. The van der Waals surface area contributed by atoms with Gasteiger partial charge in [0.25, 0.3) is 0 Å². The molecule has 0 aliphatic carbocycles. The number of amides is 2. The molecular formula is C22H27ClN2O2. The Balaban J connectivity index is 2.36. The fourth-order valence-electron chi connectivity index (χ4n) is 3.05. The van der Waals surface area contributed by atoms with Crippen molar-refractivity contribution in [2.24, 2.45) is 0 Å². The maximum absolute atomic E-state index is 12.6. The molecule has 2 amide bonds. The zero-order valence-electron chi connectivity index (χ0n) is 16.5. The third-order valence-electron chi connectivity index (χ3n) is 4.42. The van der Waals surface area contributed by atoms with Crippen LogP contribution in [0.5, 0.6) is 0 Å². The molecule has 0 spiro atoms. The molecule has 1 N–H and O–H groups in total. The number of nitrogens with one attached hydrogen (secondary N) is 1. The van der Waals surface area contributed by atoms with Gasteiger partial charge in [-0.15, -0.1) is 0 Å². The Bertz CT molecular complexity index is 787. The van der Waals surface area contributed by atoms with Crippen LogP contribution in [-0.4, -0.2) is 18.4 Å². The zero-order valence-corrected chi connectivity index (χ0v) is 17.3. The largest absolute Gasteiger partial charge is 0.325 e. The van der Waals surface area contributed by atoms with E-state index in [4.69, 9.17) is 11.6 Å². The summed E-state index contributed by atoms with van der Waals surface area (Å²) in [7, 11) is 0. The molecule has 4 nitrogen and oxygen atoms in total. The number of carbonyl (C=O) groups excluding carboxylic acids is 2. The first-order valence-corrected chi connectivity index (χ1v) is 9.54. The highest BCUT2D eigenvalue weighted by atomic mass is 35.5. The number of hydrogen-bond donors (Lipinski definition) is 1. The van der Waals surface area contributed by atoms with Crippen LogP contribution in [0.25, 0.3) is 0 Å². The number of benzene rings is 2. The van der Waals surface area contributed by atoms with Crippen LogP contribution in [0, 0.1) is 0 Å². The minimum atomic E-state index is -0.249. The van der Waals surface area contributed by atoms with E-state index >= 15 is 0 Å². The fourth-order valence-corrected chi connectivity index (χ4v) is 3.17. The highest BCUT2D eigenvalue weighted by Gasteiger charge is 2.24. The second kappa shape index (κ2) is 9.05. The van der Waals surface area contributed by atoms with Crippen LogP contribution < -0.4 is 10.2 Å². The quantitative estimate of drug-likeness (QED) is 0.704. The molecule has 0 fully saturated rings. The Kier molecular flexibility index (Phi) is 7.03. The average molecular weight is 387 g/mol. The van der Waals surface area contributed by atoms with Crippen LogP contribution in [0.3, 0.4) is 0 Å². The summed E-state index contributed by atoms with van der Waals surface area (Å²) < 4.78 is 0. The van der Waals surface area contributed by atoms with Crippen molar-refractivity contribution in [1.82, 2.24) is 0 Å². The van der Waals surface area contributed by atoms with Crippen LogP contribution in [-0.2, 0) is 9.59 Å². The van der Waals surface area contributed by atoms with Gasteiger partial charge >= 0.3 is 0 Å². The number of nitrogens with zero attached hydrogens (tertiary/aromatic N) is 1. The number of carbonyl (C=O) groups is 2. The lowest BCUT2D eigenvalue weighted by atomic mass is 9.91. The Morgan fingerprint density at radius 3 is 1.93 bits per heavy atom. The minimum absolute atomic E-state index is 0.0403. The molecule has 0 aliphatic rings. The molecule has 0 bridgehead atoms. The highest BCUT2D eigenvalue weighted by molar-refractivity contribution is 6.30. The molecule has 0 unspecified atom stereocenters. The second-order valence-electron chi connectivity index (χ2n) is 7.25. The van der Waals surface area contributed by atoms with Crippen molar-refractivity contribution in [3.8, 4) is 0 Å². The van der Waals surface area contributed by atoms with Gasteiger partial charge in [0.2, 0.25) is 11.8 Å². The van der Waals surface area contributed by atoms with Crippen LogP contribution in [0.1, 0.15) is 57.6 Å². The van der Waals surface area contributed by atoms with Crippen molar-refractivity contribution in [1.29, 1.82) is 0 Å². The Hall–Kier alpha value is -2.33. The average Bonchev–Trinajstić information content (AvgIpc) is 2.60. The monoisotopic (exact) mass is 386 g/mol. The van der Waals surface area contributed by atoms with Gasteiger partial charge in [-0.3, -0.25) is 9.59 Å².